The highest BCUT2D eigenvalue weighted by Crippen LogP contribution is 2.27. The van der Waals surface area contributed by atoms with Crippen LogP contribution in [0.1, 0.15) is 19.5 Å². The van der Waals surface area contributed by atoms with Crippen molar-refractivity contribution in [1.82, 2.24) is 4.98 Å². The number of rotatable bonds is 1. The first kappa shape index (κ1) is 10.8. The Labute approximate surface area is 92.7 Å². The van der Waals surface area contributed by atoms with Gasteiger partial charge in [0.25, 0.3) is 0 Å². The van der Waals surface area contributed by atoms with Gasteiger partial charge in [0.2, 0.25) is 0 Å². The fourth-order valence-corrected chi connectivity index (χ4v) is 1.65. The third kappa shape index (κ3) is 1.84. The van der Waals surface area contributed by atoms with E-state index in [0.717, 1.165) is 0 Å². The van der Waals surface area contributed by atoms with Crippen molar-refractivity contribution in [3.05, 3.63) is 35.8 Å². The van der Waals surface area contributed by atoms with Crippen LogP contribution in [-0.2, 0) is 5.60 Å². The summed E-state index contributed by atoms with van der Waals surface area (Å²) in [6.45, 7) is 3.22. The predicted molar refractivity (Wildman–Crippen MR) is 61.4 cm³/mol. The number of aromatic nitrogens is 1. The van der Waals surface area contributed by atoms with Gasteiger partial charge in [-0.15, -0.1) is 0 Å². The molecule has 0 aliphatic carbocycles. The van der Waals surface area contributed by atoms with Crippen molar-refractivity contribution >= 4 is 16.6 Å². The van der Waals surface area contributed by atoms with Crippen molar-refractivity contribution < 1.29 is 9.50 Å². The summed E-state index contributed by atoms with van der Waals surface area (Å²) in [6, 6.07) is 5.89. The van der Waals surface area contributed by atoms with E-state index in [-0.39, 0.29) is 5.82 Å². The van der Waals surface area contributed by atoms with E-state index < -0.39 is 5.60 Å². The number of hydrogen-bond donors (Lipinski definition) is 2. The van der Waals surface area contributed by atoms with Gasteiger partial charge in [-0.3, -0.25) is 0 Å². The Morgan fingerprint density at radius 1 is 1.31 bits per heavy atom. The fourth-order valence-electron chi connectivity index (χ4n) is 1.65. The minimum Gasteiger partial charge on any atom is -0.397 e. The molecule has 1 aromatic heterocycles. The number of halogens is 1. The monoisotopic (exact) mass is 220 g/mol. The van der Waals surface area contributed by atoms with Gasteiger partial charge in [-0.1, -0.05) is 0 Å². The molecule has 0 fully saturated rings. The molecule has 0 radical (unpaired) electrons. The third-order valence-electron chi connectivity index (χ3n) is 2.39. The zero-order valence-corrected chi connectivity index (χ0v) is 9.16. The van der Waals surface area contributed by atoms with Crippen molar-refractivity contribution in [2.24, 2.45) is 0 Å². The molecule has 1 aromatic carbocycles. The molecule has 2 aromatic rings. The van der Waals surface area contributed by atoms with Gasteiger partial charge in [0.05, 0.1) is 16.9 Å². The van der Waals surface area contributed by atoms with Crippen LogP contribution in [0.5, 0.6) is 0 Å². The molecule has 0 saturated carbocycles. The van der Waals surface area contributed by atoms with E-state index in [0.29, 0.717) is 22.3 Å². The number of nitrogens with zero attached hydrogens (tertiary/aromatic N) is 1. The number of pyridine rings is 1. The fraction of sp³-hybridized carbons (Fsp3) is 0.250. The second kappa shape index (κ2) is 3.42. The van der Waals surface area contributed by atoms with Gasteiger partial charge in [0, 0.05) is 5.39 Å². The second-order valence-electron chi connectivity index (χ2n) is 4.32. The first-order chi connectivity index (χ1) is 7.38. The lowest BCUT2D eigenvalue weighted by Gasteiger charge is -2.19. The minimum atomic E-state index is -1.10. The molecular weight excluding hydrogens is 207 g/mol. The molecular formula is C12H13FN2O. The summed E-state index contributed by atoms with van der Waals surface area (Å²) in [5, 5.41) is 10.5. The predicted octanol–water partition coefficient (Wildman–Crippen LogP) is 2.18. The van der Waals surface area contributed by atoms with Crippen molar-refractivity contribution in [2.45, 2.75) is 19.4 Å². The van der Waals surface area contributed by atoms with Crippen LogP contribution in [0.15, 0.2) is 24.3 Å². The van der Waals surface area contributed by atoms with Crippen LogP contribution in [0.3, 0.4) is 0 Å². The number of anilines is 1. The molecule has 4 heteroatoms. The first-order valence-corrected chi connectivity index (χ1v) is 4.96. The van der Waals surface area contributed by atoms with E-state index >= 15 is 0 Å². The highest BCUT2D eigenvalue weighted by Gasteiger charge is 2.21. The molecule has 3 nitrogen and oxygen atoms in total. The zero-order valence-electron chi connectivity index (χ0n) is 9.16. The molecule has 0 spiro atoms. The Kier molecular flexibility index (Phi) is 2.31. The molecule has 0 bridgehead atoms. The summed E-state index contributed by atoms with van der Waals surface area (Å²) in [4.78, 5) is 4.25. The molecule has 0 amide bonds. The van der Waals surface area contributed by atoms with Gasteiger partial charge in [-0.25, -0.2) is 9.37 Å². The summed E-state index contributed by atoms with van der Waals surface area (Å²) < 4.78 is 13.0. The van der Waals surface area contributed by atoms with Crippen LogP contribution in [0.4, 0.5) is 10.1 Å². The molecule has 2 rings (SSSR count). The largest absolute Gasteiger partial charge is 0.397 e. The number of benzene rings is 1. The van der Waals surface area contributed by atoms with Gasteiger partial charge in [0.15, 0.2) is 0 Å². The van der Waals surface area contributed by atoms with Crippen LogP contribution in [0.2, 0.25) is 0 Å². The van der Waals surface area contributed by atoms with E-state index in [1.165, 1.54) is 12.1 Å². The van der Waals surface area contributed by atoms with Crippen LogP contribution in [-0.4, -0.2) is 10.1 Å². The lowest BCUT2D eigenvalue weighted by molar-refractivity contribution is 0.0751. The molecule has 0 aliphatic rings. The van der Waals surface area contributed by atoms with Gasteiger partial charge in [-0.2, -0.15) is 0 Å². The molecule has 1 heterocycles. The smallest absolute Gasteiger partial charge is 0.123 e. The van der Waals surface area contributed by atoms with Crippen molar-refractivity contribution in [3.8, 4) is 0 Å². The molecule has 0 aliphatic heterocycles. The van der Waals surface area contributed by atoms with Gasteiger partial charge in [-0.05, 0) is 38.1 Å². The zero-order chi connectivity index (χ0) is 11.9. The Hall–Kier alpha value is -1.68. The second-order valence-corrected chi connectivity index (χ2v) is 4.32. The van der Waals surface area contributed by atoms with Crippen molar-refractivity contribution in [2.75, 3.05) is 5.73 Å². The van der Waals surface area contributed by atoms with E-state index in [2.05, 4.69) is 4.98 Å². The average Bonchev–Trinajstić information content (AvgIpc) is 2.14. The maximum atomic E-state index is 13.0. The quantitative estimate of drug-likeness (QED) is 0.774. The number of aliphatic hydroxyl groups is 1. The Bertz CT molecular complexity index is 546. The van der Waals surface area contributed by atoms with Crippen LogP contribution in [0.25, 0.3) is 10.9 Å². The minimum absolute atomic E-state index is 0.329. The summed E-state index contributed by atoms with van der Waals surface area (Å²) in [5.41, 5.74) is 6.07. The van der Waals surface area contributed by atoms with Crippen LogP contribution < -0.4 is 5.73 Å². The summed E-state index contributed by atoms with van der Waals surface area (Å²) >= 11 is 0. The maximum Gasteiger partial charge on any atom is 0.123 e. The van der Waals surface area contributed by atoms with Gasteiger partial charge in [0.1, 0.15) is 11.4 Å². The topological polar surface area (TPSA) is 59.1 Å². The number of nitrogens with two attached hydrogens (primary N) is 1. The van der Waals surface area contributed by atoms with E-state index in [9.17, 15) is 9.50 Å². The van der Waals surface area contributed by atoms with Gasteiger partial charge < -0.3 is 10.8 Å². The highest BCUT2D eigenvalue weighted by molar-refractivity contribution is 5.82. The highest BCUT2D eigenvalue weighted by atomic mass is 19.1. The molecule has 0 saturated heterocycles. The lowest BCUT2D eigenvalue weighted by Crippen LogP contribution is -2.19. The standard InChI is InChI=1S/C12H13FN2O/c1-12(2,16)11-9(14)6-7-5-8(13)3-4-10(7)15-11/h3-6,16H,14H2,1-2H3. The maximum absolute atomic E-state index is 13.0. The molecule has 0 atom stereocenters. The van der Waals surface area contributed by atoms with Crippen LogP contribution >= 0.6 is 0 Å². The first-order valence-electron chi connectivity index (χ1n) is 4.96. The Balaban J connectivity index is 2.72. The average molecular weight is 220 g/mol. The number of fused-ring (bicyclic) bond motifs is 1. The summed E-state index contributed by atoms with van der Waals surface area (Å²) in [5.74, 6) is -0.329. The Morgan fingerprint density at radius 2 is 2.00 bits per heavy atom. The third-order valence-corrected chi connectivity index (χ3v) is 2.39. The molecule has 3 N–H and O–H groups in total. The van der Waals surface area contributed by atoms with Crippen molar-refractivity contribution in [3.63, 3.8) is 0 Å². The summed E-state index contributed by atoms with van der Waals surface area (Å²) in [7, 11) is 0. The molecule has 0 unspecified atom stereocenters. The van der Waals surface area contributed by atoms with E-state index in [4.69, 9.17) is 5.73 Å². The SMILES string of the molecule is CC(C)(O)c1nc2ccc(F)cc2cc1N. The molecule has 84 valence electrons. The van der Waals surface area contributed by atoms with E-state index in [1.54, 1.807) is 26.0 Å². The number of nitrogen functional groups attached to an aromatic ring is 1. The molecule has 16 heavy (non-hydrogen) atoms. The van der Waals surface area contributed by atoms with Crippen molar-refractivity contribution in [1.29, 1.82) is 0 Å². The lowest BCUT2D eigenvalue weighted by atomic mass is 10.0. The Morgan fingerprint density at radius 3 is 2.62 bits per heavy atom. The number of hydrogen-bond acceptors (Lipinski definition) is 3. The van der Waals surface area contributed by atoms with Crippen LogP contribution in [0, 0.1) is 5.82 Å². The van der Waals surface area contributed by atoms with E-state index in [1.807, 2.05) is 0 Å². The summed E-state index contributed by atoms with van der Waals surface area (Å²) in [6.07, 6.45) is 0. The normalized spacial score (nSPS) is 12.0. The van der Waals surface area contributed by atoms with Gasteiger partial charge >= 0.3 is 0 Å².